The molecule has 2 aromatic rings. The van der Waals surface area contributed by atoms with Gasteiger partial charge in [-0.15, -0.1) is 0 Å². The van der Waals surface area contributed by atoms with Crippen molar-refractivity contribution >= 4 is 23.2 Å². The predicted octanol–water partition coefficient (Wildman–Crippen LogP) is 3.13. The van der Waals surface area contributed by atoms with Crippen LogP contribution >= 0.6 is 0 Å². The number of hydrogen-bond donors (Lipinski definition) is 1. The van der Waals surface area contributed by atoms with Crippen LogP contribution in [0.1, 0.15) is 51.6 Å². The van der Waals surface area contributed by atoms with Crippen molar-refractivity contribution in [1.29, 1.82) is 0 Å². The summed E-state index contributed by atoms with van der Waals surface area (Å²) in [7, 11) is 0. The monoisotopic (exact) mass is 362 g/mol. The topological polar surface area (TPSA) is 66.5 Å². The number of likely N-dealkylation sites (tertiary alicyclic amines) is 1. The second-order valence-electron chi connectivity index (χ2n) is 7.44. The molecule has 2 aromatic carbocycles. The summed E-state index contributed by atoms with van der Waals surface area (Å²) in [6.45, 7) is 4.35. The lowest BCUT2D eigenvalue weighted by molar-refractivity contribution is -0.117. The lowest BCUT2D eigenvalue weighted by atomic mass is 9.83. The van der Waals surface area contributed by atoms with Gasteiger partial charge in [-0.2, -0.15) is 0 Å². The van der Waals surface area contributed by atoms with Crippen LogP contribution < -0.4 is 5.32 Å². The van der Waals surface area contributed by atoms with Crippen LogP contribution in [-0.4, -0.2) is 42.0 Å². The number of carbonyl (C=O) groups is 3. The van der Waals surface area contributed by atoms with Crippen LogP contribution in [0.15, 0.2) is 42.5 Å². The van der Waals surface area contributed by atoms with Gasteiger partial charge in [0.05, 0.1) is 17.8 Å². The molecular weight excluding hydrogens is 340 g/mol. The molecule has 0 radical (unpaired) electrons. The van der Waals surface area contributed by atoms with Gasteiger partial charge in [-0.25, -0.2) is 0 Å². The van der Waals surface area contributed by atoms with Gasteiger partial charge in [-0.05, 0) is 37.9 Å². The molecule has 0 unspecified atom stereocenters. The zero-order valence-electron chi connectivity index (χ0n) is 15.3. The Balaban J connectivity index is 1.58. The number of rotatable bonds is 3. The van der Waals surface area contributed by atoms with E-state index in [0.29, 0.717) is 40.4 Å². The van der Waals surface area contributed by atoms with Crippen LogP contribution in [0.3, 0.4) is 0 Å². The number of nitrogens with one attached hydrogen (secondary N) is 1. The Morgan fingerprint density at radius 3 is 2.30 bits per heavy atom. The third-order valence-corrected chi connectivity index (χ3v) is 5.47. The fraction of sp³-hybridized carbons (Fsp3) is 0.318. The molecule has 1 saturated heterocycles. The number of anilines is 1. The van der Waals surface area contributed by atoms with Crippen LogP contribution in [0.25, 0.3) is 0 Å². The first-order valence-corrected chi connectivity index (χ1v) is 9.38. The molecule has 138 valence electrons. The molecule has 4 rings (SSSR count). The van der Waals surface area contributed by atoms with Crippen LogP contribution in [0.4, 0.5) is 5.69 Å². The maximum atomic E-state index is 13.0. The Morgan fingerprint density at radius 2 is 1.59 bits per heavy atom. The summed E-state index contributed by atoms with van der Waals surface area (Å²) in [6, 6.07) is 11.9. The summed E-state index contributed by atoms with van der Waals surface area (Å²) in [5.74, 6) is 0.149. The molecule has 0 bridgehead atoms. The zero-order chi connectivity index (χ0) is 19.0. The second kappa shape index (κ2) is 7.08. The van der Waals surface area contributed by atoms with Crippen molar-refractivity contribution < 1.29 is 14.4 Å². The van der Waals surface area contributed by atoms with Crippen LogP contribution in [-0.2, 0) is 4.79 Å². The van der Waals surface area contributed by atoms with Crippen molar-refractivity contribution in [2.24, 2.45) is 5.92 Å². The Bertz CT molecular complexity index is 927. The van der Waals surface area contributed by atoms with E-state index in [-0.39, 0.29) is 17.5 Å². The minimum Gasteiger partial charge on any atom is -0.324 e. The molecule has 27 heavy (non-hydrogen) atoms. The quantitative estimate of drug-likeness (QED) is 0.777. The van der Waals surface area contributed by atoms with Gasteiger partial charge in [0.25, 0.3) is 0 Å². The van der Waals surface area contributed by atoms with E-state index in [2.05, 4.69) is 17.1 Å². The number of hydrogen-bond acceptors (Lipinski definition) is 4. The average molecular weight is 362 g/mol. The molecule has 0 spiro atoms. The van der Waals surface area contributed by atoms with Gasteiger partial charge in [-0.1, -0.05) is 43.3 Å². The molecule has 1 amide bonds. The number of ketones is 2. The summed E-state index contributed by atoms with van der Waals surface area (Å²) in [5, 5.41) is 2.86. The number of benzene rings is 2. The predicted molar refractivity (Wildman–Crippen MR) is 103 cm³/mol. The molecule has 2 aliphatic rings. The van der Waals surface area contributed by atoms with Gasteiger partial charge < -0.3 is 5.32 Å². The lowest BCUT2D eigenvalue weighted by Crippen LogP contribution is -2.39. The van der Waals surface area contributed by atoms with E-state index in [1.54, 1.807) is 42.5 Å². The molecule has 5 nitrogen and oxygen atoms in total. The minimum atomic E-state index is -0.220. The second-order valence-corrected chi connectivity index (χ2v) is 7.44. The Hall–Kier alpha value is -2.79. The summed E-state index contributed by atoms with van der Waals surface area (Å²) in [5.41, 5.74) is 1.86. The van der Waals surface area contributed by atoms with Gasteiger partial charge in [0.1, 0.15) is 0 Å². The number of amides is 1. The van der Waals surface area contributed by atoms with E-state index in [0.717, 1.165) is 25.9 Å². The average Bonchev–Trinajstić information content (AvgIpc) is 2.68. The largest absolute Gasteiger partial charge is 0.324 e. The molecule has 1 aliphatic carbocycles. The van der Waals surface area contributed by atoms with Crippen molar-refractivity contribution in [2.75, 3.05) is 25.0 Å². The number of carbonyl (C=O) groups excluding carboxylic acids is 3. The lowest BCUT2D eigenvalue weighted by Gasteiger charge is -2.29. The highest BCUT2D eigenvalue weighted by Crippen LogP contribution is 2.31. The summed E-state index contributed by atoms with van der Waals surface area (Å²) >= 11 is 0. The standard InChI is InChI=1S/C22H22N2O3/c1-14-9-11-24(12-10-14)13-19(25)23-18-8-4-7-17-20(18)22(27)16-6-3-2-5-15(16)21(17)26/h2-8,14H,9-13H2,1H3,(H,23,25). The molecule has 1 fully saturated rings. The highest BCUT2D eigenvalue weighted by molar-refractivity contribution is 6.30. The van der Waals surface area contributed by atoms with Crippen molar-refractivity contribution in [2.45, 2.75) is 19.8 Å². The van der Waals surface area contributed by atoms with E-state index < -0.39 is 0 Å². The van der Waals surface area contributed by atoms with Crippen LogP contribution in [0.2, 0.25) is 0 Å². The molecular formula is C22H22N2O3. The maximum Gasteiger partial charge on any atom is 0.238 e. The molecule has 1 aliphatic heterocycles. The summed E-state index contributed by atoms with van der Waals surface area (Å²) in [6.07, 6.45) is 2.19. The van der Waals surface area contributed by atoms with E-state index >= 15 is 0 Å². The van der Waals surface area contributed by atoms with Crippen LogP contribution in [0, 0.1) is 5.92 Å². The zero-order valence-corrected chi connectivity index (χ0v) is 15.3. The Morgan fingerprint density at radius 1 is 0.963 bits per heavy atom. The van der Waals surface area contributed by atoms with E-state index in [1.165, 1.54) is 0 Å². The molecule has 1 heterocycles. The molecule has 0 atom stereocenters. The highest BCUT2D eigenvalue weighted by atomic mass is 16.2. The number of nitrogens with zero attached hydrogens (tertiary/aromatic N) is 1. The van der Waals surface area contributed by atoms with E-state index in [9.17, 15) is 14.4 Å². The van der Waals surface area contributed by atoms with Gasteiger partial charge in [0.2, 0.25) is 5.91 Å². The third-order valence-electron chi connectivity index (χ3n) is 5.47. The van der Waals surface area contributed by atoms with Gasteiger partial charge in [-0.3, -0.25) is 19.3 Å². The van der Waals surface area contributed by atoms with Crippen molar-refractivity contribution in [3.63, 3.8) is 0 Å². The van der Waals surface area contributed by atoms with E-state index in [4.69, 9.17) is 0 Å². The van der Waals surface area contributed by atoms with Gasteiger partial charge in [0, 0.05) is 16.7 Å². The fourth-order valence-corrected chi connectivity index (χ4v) is 3.86. The number of fused-ring (bicyclic) bond motifs is 2. The molecule has 1 N–H and O–H groups in total. The van der Waals surface area contributed by atoms with Crippen molar-refractivity contribution in [3.05, 3.63) is 64.7 Å². The summed E-state index contributed by atoms with van der Waals surface area (Å²) < 4.78 is 0. The van der Waals surface area contributed by atoms with E-state index in [1.807, 2.05) is 0 Å². The number of piperidine rings is 1. The highest BCUT2D eigenvalue weighted by Gasteiger charge is 2.31. The van der Waals surface area contributed by atoms with Gasteiger partial charge >= 0.3 is 0 Å². The molecule has 0 saturated carbocycles. The normalized spacial score (nSPS) is 17.4. The summed E-state index contributed by atoms with van der Waals surface area (Å²) in [4.78, 5) is 40.4. The SMILES string of the molecule is CC1CCN(CC(=O)Nc2cccc3c2C(=O)c2ccccc2C3=O)CC1. The maximum absolute atomic E-state index is 13.0. The fourth-order valence-electron chi connectivity index (χ4n) is 3.86. The first-order valence-electron chi connectivity index (χ1n) is 9.38. The smallest absolute Gasteiger partial charge is 0.238 e. The van der Waals surface area contributed by atoms with Crippen molar-refractivity contribution in [1.82, 2.24) is 4.90 Å². The van der Waals surface area contributed by atoms with Gasteiger partial charge in [0.15, 0.2) is 11.6 Å². The minimum absolute atomic E-state index is 0.155. The third kappa shape index (κ3) is 3.30. The molecule has 0 aromatic heterocycles. The first kappa shape index (κ1) is 17.6. The van der Waals surface area contributed by atoms with Crippen LogP contribution in [0.5, 0.6) is 0 Å². The Labute approximate surface area is 158 Å². The Kier molecular flexibility index (Phi) is 4.62. The van der Waals surface area contributed by atoms with Crippen molar-refractivity contribution in [3.8, 4) is 0 Å². The molecule has 5 heteroatoms. The first-order chi connectivity index (χ1) is 13.0.